The van der Waals surface area contributed by atoms with Crippen molar-refractivity contribution in [2.24, 2.45) is 11.7 Å². The van der Waals surface area contributed by atoms with Gasteiger partial charge in [0.15, 0.2) is 0 Å². The van der Waals surface area contributed by atoms with Crippen LogP contribution in [0.3, 0.4) is 0 Å². The Labute approximate surface area is 215 Å². The molecule has 2 saturated heterocycles. The molecule has 2 aromatic carbocycles. The summed E-state index contributed by atoms with van der Waals surface area (Å²) in [7, 11) is -4.43. The number of rotatable bonds is 7. The van der Waals surface area contributed by atoms with Crippen molar-refractivity contribution >= 4 is 56.8 Å². The molecule has 4 rings (SSSR count). The van der Waals surface area contributed by atoms with Gasteiger partial charge in [-0.2, -0.15) is 0 Å². The van der Waals surface area contributed by atoms with Crippen molar-refractivity contribution in [2.75, 3.05) is 19.6 Å². The zero-order chi connectivity index (χ0) is 25.2. The topological polar surface area (TPSA) is 175 Å². The molecular formula is C23H29ClN6O5S. The van der Waals surface area contributed by atoms with Gasteiger partial charge in [0.25, 0.3) is 15.9 Å². The fraction of sp³-hybridized carbons (Fsp3) is 0.391. The van der Waals surface area contributed by atoms with Gasteiger partial charge in [-0.25, -0.2) is 12.7 Å². The van der Waals surface area contributed by atoms with Crippen molar-refractivity contribution < 1.29 is 22.8 Å². The van der Waals surface area contributed by atoms with Crippen LogP contribution in [0.1, 0.15) is 19.3 Å². The number of nitrogens with two attached hydrogens (primary N) is 1. The standard InChI is InChI=1S/C23H28N6O5S.ClH/c24-22(25)21(16-6-3-9-26-12-16)28-19(30)11-18-23(32)27-13-20(31)29(18)35(33,34)17-8-7-14-4-1-2-5-15(14)10-17;/h1-2,4-5,7-8,10,16,18,21,26H,3,6,9,11-13H2,(H3,24,25)(H,27,32)(H,28,30);1H. The first kappa shape index (κ1) is 27.4. The second-order valence-electron chi connectivity index (χ2n) is 8.75. The number of carbonyl (C=O) groups excluding carboxylic acids is 3. The highest BCUT2D eigenvalue weighted by Crippen LogP contribution is 2.26. The Morgan fingerprint density at radius 2 is 1.92 bits per heavy atom. The Balaban J connectivity index is 0.00000361. The predicted octanol–water partition coefficient (Wildman–Crippen LogP) is 0.0878. The number of hydrogen-bond donors (Lipinski definition) is 5. The SMILES string of the molecule is Cl.N=C(N)C(NC(=O)CC1C(=O)NCC(=O)N1S(=O)(=O)c1ccc2ccccc2c1)C1CCCNC1. The fourth-order valence-electron chi connectivity index (χ4n) is 4.58. The van der Waals surface area contributed by atoms with Gasteiger partial charge < -0.3 is 21.7 Å². The van der Waals surface area contributed by atoms with E-state index in [1.165, 1.54) is 12.1 Å². The molecule has 0 spiro atoms. The average molecular weight is 537 g/mol. The van der Waals surface area contributed by atoms with Crippen LogP contribution in [-0.4, -0.2) is 68.0 Å². The van der Waals surface area contributed by atoms with E-state index in [2.05, 4.69) is 16.0 Å². The number of halogens is 1. The van der Waals surface area contributed by atoms with Crippen molar-refractivity contribution in [3.05, 3.63) is 42.5 Å². The van der Waals surface area contributed by atoms with Gasteiger partial charge in [-0.15, -0.1) is 12.4 Å². The summed E-state index contributed by atoms with van der Waals surface area (Å²) in [4.78, 5) is 38.2. The Morgan fingerprint density at radius 3 is 2.58 bits per heavy atom. The molecular weight excluding hydrogens is 508 g/mol. The van der Waals surface area contributed by atoms with Gasteiger partial charge in [0.1, 0.15) is 11.9 Å². The van der Waals surface area contributed by atoms with Gasteiger partial charge >= 0.3 is 0 Å². The molecule has 2 aliphatic rings. The molecule has 3 unspecified atom stereocenters. The number of amidine groups is 1. The maximum Gasteiger partial charge on any atom is 0.267 e. The molecule has 2 fully saturated rings. The highest BCUT2D eigenvalue weighted by molar-refractivity contribution is 7.89. The van der Waals surface area contributed by atoms with E-state index in [9.17, 15) is 22.8 Å². The van der Waals surface area contributed by atoms with E-state index in [-0.39, 0.29) is 29.1 Å². The molecule has 2 aromatic rings. The molecule has 6 N–H and O–H groups in total. The van der Waals surface area contributed by atoms with Crippen molar-refractivity contribution in [3.8, 4) is 0 Å². The first-order valence-corrected chi connectivity index (χ1v) is 12.8. The summed E-state index contributed by atoms with van der Waals surface area (Å²) < 4.78 is 27.5. The first-order chi connectivity index (χ1) is 16.7. The smallest absolute Gasteiger partial charge is 0.267 e. The molecule has 0 radical (unpaired) electrons. The fourth-order valence-corrected chi connectivity index (χ4v) is 6.16. The molecule has 0 aromatic heterocycles. The summed E-state index contributed by atoms with van der Waals surface area (Å²) in [5.41, 5.74) is 5.72. The van der Waals surface area contributed by atoms with Crippen LogP contribution >= 0.6 is 12.4 Å². The van der Waals surface area contributed by atoms with Crippen molar-refractivity contribution in [3.63, 3.8) is 0 Å². The monoisotopic (exact) mass is 536 g/mol. The van der Waals surface area contributed by atoms with E-state index < -0.39 is 52.8 Å². The summed E-state index contributed by atoms with van der Waals surface area (Å²) in [5, 5.41) is 17.6. The Morgan fingerprint density at radius 1 is 1.19 bits per heavy atom. The van der Waals surface area contributed by atoms with Crippen molar-refractivity contribution in [2.45, 2.75) is 36.2 Å². The van der Waals surface area contributed by atoms with Crippen LogP contribution in [0.25, 0.3) is 10.8 Å². The number of sulfonamides is 1. The molecule has 11 nitrogen and oxygen atoms in total. The zero-order valence-corrected chi connectivity index (χ0v) is 21.0. The van der Waals surface area contributed by atoms with Gasteiger partial charge in [-0.1, -0.05) is 30.3 Å². The lowest BCUT2D eigenvalue weighted by atomic mass is 9.90. The summed E-state index contributed by atoms with van der Waals surface area (Å²) in [6.07, 6.45) is 1.03. The molecule has 194 valence electrons. The highest BCUT2D eigenvalue weighted by Gasteiger charge is 2.44. The van der Waals surface area contributed by atoms with Crippen LogP contribution in [0.4, 0.5) is 0 Å². The molecule has 3 amide bonds. The lowest BCUT2D eigenvalue weighted by Gasteiger charge is -2.34. The van der Waals surface area contributed by atoms with Gasteiger partial charge in [0.05, 0.1) is 23.9 Å². The maximum atomic E-state index is 13.5. The number of benzene rings is 2. The van der Waals surface area contributed by atoms with Crippen molar-refractivity contribution in [1.82, 2.24) is 20.3 Å². The summed E-state index contributed by atoms with van der Waals surface area (Å²) in [6, 6.07) is 9.25. The van der Waals surface area contributed by atoms with Gasteiger partial charge in [-0.3, -0.25) is 19.8 Å². The number of nitrogens with zero attached hydrogens (tertiary/aromatic N) is 1. The minimum absolute atomic E-state index is 0. The number of hydrogen-bond acceptors (Lipinski definition) is 7. The summed E-state index contributed by atoms with van der Waals surface area (Å²) >= 11 is 0. The van der Waals surface area contributed by atoms with Gasteiger partial charge in [0, 0.05) is 6.54 Å². The Kier molecular flexibility index (Phi) is 8.54. The molecule has 2 heterocycles. The molecule has 0 saturated carbocycles. The van der Waals surface area contributed by atoms with E-state index in [0.29, 0.717) is 16.2 Å². The lowest BCUT2D eigenvalue weighted by molar-refractivity contribution is -0.141. The number of amides is 3. The van der Waals surface area contributed by atoms with E-state index in [1.807, 2.05) is 12.1 Å². The Hall–Kier alpha value is -3.22. The molecule has 2 aliphatic heterocycles. The molecule has 36 heavy (non-hydrogen) atoms. The minimum Gasteiger partial charge on any atom is -0.386 e. The maximum absolute atomic E-state index is 13.5. The predicted molar refractivity (Wildman–Crippen MR) is 136 cm³/mol. The number of piperidine rings is 1. The molecule has 3 atom stereocenters. The summed E-state index contributed by atoms with van der Waals surface area (Å²) in [6.45, 7) is 0.907. The lowest BCUT2D eigenvalue weighted by Crippen LogP contribution is -2.61. The van der Waals surface area contributed by atoms with Gasteiger partial charge in [-0.05, 0) is 48.2 Å². The largest absolute Gasteiger partial charge is 0.386 e. The minimum atomic E-state index is -4.43. The molecule has 13 heteroatoms. The second-order valence-corrected chi connectivity index (χ2v) is 10.6. The first-order valence-electron chi connectivity index (χ1n) is 11.4. The second kappa shape index (κ2) is 11.2. The van der Waals surface area contributed by atoms with Crippen LogP contribution in [0, 0.1) is 11.3 Å². The van der Waals surface area contributed by atoms with E-state index in [0.717, 1.165) is 24.8 Å². The van der Waals surface area contributed by atoms with Crippen LogP contribution in [0.2, 0.25) is 0 Å². The van der Waals surface area contributed by atoms with E-state index in [1.54, 1.807) is 18.2 Å². The zero-order valence-electron chi connectivity index (χ0n) is 19.4. The quantitative estimate of drug-likeness (QED) is 0.246. The van der Waals surface area contributed by atoms with Crippen LogP contribution < -0.4 is 21.7 Å². The van der Waals surface area contributed by atoms with Crippen LogP contribution in [0.15, 0.2) is 47.4 Å². The van der Waals surface area contributed by atoms with Gasteiger partial charge in [0.2, 0.25) is 11.8 Å². The average Bonchev–Trinajstić information content (AvgIpc) is 2.84. The van der Waals surface area contributed by atoms with E-state index in [4.69, 9.17) is 11.1 Å². The van der Waals surface area contributed by atoms with E-state index >= 15 is 0 Å². The summed E-state index contributed by atoms with van der Waals surface area (Å²) in [5.74, 6) is -2.59. The third kappa shape index (κ3) is 5.61. The van der Waals surface area contributed by atoms with Crippen LogP contribution in [0.5, 0.6) is 0 Å². The Bertz CT molecular complexity index is 1280. The molecule has 0 aliphatic carbocycles. The number of piperazine rings is 1. The number of fused-ring (bicyclic) bond motifs is 1. The highest BCUT2D eigenvalue weighted by atomic mass is 35.5. The third-order valence-electron chi connectivity index (χ3n) is 6.36. The number of nitrogens with one attached hydrogen (secondary N) is 4. The molecule has 0 bridgehead atoms. The third-order valence-corrected chi connectivity index (χ3v) is 8.19. The normalized spacial score (nSPS) is 21.3. The van der Waals surface area contributed by atoms with Crippen LogP contribution in [-0.2, 0) is 24.4 Å². The number of carbonyl (C=O) groups is 3. The van der Waals surface area contributed by atoms with Crippen molar-refractivity contribution in [1.29, 1.82) is 5.41 Å².